The van der Waals surface area contributed by atoms with Gasteiger partial charge in [0.2, 0.25) is 5.91 Å². The highest BCUT2D eigenvalue weighted by Gasteiger charge is 2.10. The maximum atomic E-state index is 12.2. The van der Waals surface area contributed by atoms with E-state index in [1.165, 1.54) is 0 Å². The van der Waals surface area contributed by atoms with Gasteiger partial charge >= 0.3 is 0 Å². The molecule has 0 heterocycles. The van der Waals surface area contributed by atoms with Gasteiger partial charge in [-0.05, 0) is 50.0 Å². The van der Waals surface area contributed by atoms with E-state index in [2.05, 4.69) is 35.4 Å². The second-order valence-electron chi connectivity index (χ2n) is 6.49. The standard InChI is InChI=1S/C21H28N2O3S/c1-26-17-12-13-19(27)18(15-17)21(25)22-14-8-3-2-7-11-20(24)23-16-9-5-4-6-10-16/h5,9-10,12-13,15,27H,2-4,6-8,11,14H2,1H3,(H,22,25)(H,23,24). The number of carbonyl (C=O) groups is 2. The van der Waals surface area contributed by atoms with Crippen molar-refractivity contribution in [2.45, 2.75) is 49.8 Å². The molecule has 0 saturated carbocycles. The third-order valence-corrected chi connectivity index (χ3v) is 4.73. The van der Waals surface area contributed by atoms with Crippen molar-refractivity contribution in [3.05, 3.63) is 47.7 Å². The molecule has 0 fully saturated rings. The third-order valence-electron chi connectivity index (χ3n) is 4.34. The van der Waals surface area contributed by atoms with E-state index in [0.717, 1.165) is 44.2 Å². The van der Waals surface area contributed by atoms with E-state index in [9.17, 15) is 9.59 Å². The summed E-state index contributed by atoms with van der Waals surface area (Å²) < 4.78 is 5.14. The first kappa shape index (κ1) is 21.1. The molecule has 1 aliphatic carbocycles. The fraction of sp³-hybridized carbons (Fsp3) is 0.429. The van der Waals surface area contributed by atoms with Gasteiger partial charge in [-0.1, -0.05) is 25.0 Å². The number of allylic oxidation sites excluding steroid dienone is 3. The smallest absolute Gasteiger partial charge is 0.252 e. The quantitative estimate of drug-likeness (QED) is 0.419. The Kier molecular flexibility index (Phi) is 8.98. The predicted octanol–water partition coefficient (Wildman–Crippen LogP) is 4.01. The fourth-order valence-electron chi connectivity index (χ4n) is 2.81. The highest BCUT2D eigenvalue weighted by atomic mass is 32.1. The third kappa shape index (κ3) is 7.51. The second kappa shape index (κ2) is 11.5. The summed E-state index contributed by atoms with van der Waals surface area (Å²) in [5.74, 6) is 0.559. The Bertz CT molecular complexity index is 713. The molecule has 2 rings (SSSR count). The lowest BCUT2D eigenvalue weighted by Gasteiger charge is -2.10. The van der Waals surface area contributed by atoms with E-state index < -0.39 is 0 Å². The van der Waals surface area contributed by atoms with Crippen LogP contribution in [-0.2, 0) is 4.79 Å². The molecule has 1 aromatic carbocycles. The normalized spacial score (nSPS) is 13.0. The molecule has 5 nitrogen and oxygen atoms in total. The Hall–Kier alpha value is -2.21. The van der Waals surface area contributed by atoms with Crippen molar-refractivity contribution in [1.82, 2.24) is 10.6 Å². The molecule has 0 radical (unpaired) electrons. The van der Waals surface area contributed by atoms with Gasteiger partial charge in [0.25, 0.3) is 5.91 Å². The first-order valence-electron chi connectivity index (χ1n) is 9.42. The molecule has 27 heavy (non-hydrogen) atoms. The Balaban J connectivity index is 1.56. The number of hydrogen-bond donors (Lipinski definition) is 3. The lowest BCUT2D eigenvalue weighted by Crippen LogP contribution is -2.25. The van der Waals surface area contributed by atoms with Crippen LogP contribution in [0.4, 0.5) is 0 Å². The van der Waals surface area contributed by atoms with Crippen molar-refractivity contribution in [2.75, 3.05) is 13.7 Å². The summed E-state index contributed by atoms with van der Waals surface area (Å²) in [4.78, 5) is 24.7. The Labute approximate surface area is 166 Å². The van der Waals surface area contributed by atoms with Crippen LogP contribution in [0.25, 0.3) is 0 Å². The van der Waals surface area contributed by atoms with E-state index in [-0.39, 0.29) is 11.8 Å². The van der Waals surface area contributed by atoms with Gasteiger partial charge in [-0.25, -0.2) is 0 Å². The van der Waals surface area contributed by atoms with Crippen molar-refractivity contribution >= 4 is 24.4 Å². The molecule has 0 atom stereocenters. The average Bonchev–Trinajstić information content (AvgIpc) is 2.68. The van der Waals surface area contributed by atoms with Gasteiger partial charge in [-0.2, -0.15) is 0 Å². The van der Waals surface area contributed by atoms with Crippen molar-refractivity contribution in [3.8, 4) is 5.75 Å². The molecule has 1 aromatic rings. The number of amides is 2. The minimum absolute atomic E-state index is 0.0698. The maximum absolute atomic E-state index is 12.2. The average molecular weight is 389 g/mol. The van der Waals surface area contributed by atoms with Crippen molar-refractivity contribution < 1.29 is 14.3 Å². The molecule has 0 aromatic heterocycles. The fourth-order valence-corrected chi connectivity index (χ4v) is 3.06. The zero-order valence-corrected chi connectivity index (χ0v) is 16.7. The molecule has 2 amide bonds. The van der Waals surface area contributed by atoms with Crippen LogP contribution in [0.1, 0.15) is 55.3 Å². The summed E-state index contributed by atoms with van der Waals surface area (Å²) in [6.07, 6.45) is 12.3. The number of methoxy groups -OCH3 is 1. The van der Waals surface area contributed by atoms with Crippen LogP contribution < -0.4 is 15.4 Å². The second-order valence-corrected chi connectivity index (χ2v) is 6.97. The largest absolute Gasteiger partial charge is 0.497 e. The summed E-state index contributed by atoms with van der Waals surface area (Å²) in [6, 6.07) is 5.21. The number of rotatable bonds is 10. The van der Waals surface area contributed by atoms with E-state index >= 15 is 0 Å². The highest BCUT2D eigenvalue weighted by molar-refractivity contribution is 7.80. The van der Waals surface area contributed by atoms with Crippen molar-refractivity contribution in [2.24, 2.45) is 0 Å². The van der Waals surface area contributed by atoms with Crippen LogP contribution in [0.5, 0.6) is 5.75 Å². The van der Waals surface area contributed by atoms with E-state index in [0.29, 0.717) is 29.2 Å². The molecular weight excluding hydrogens is 360 g/mol. The molecule has 0 bridgehead atoms. The predicted molar refractivity (Wildman–Crippen MR) is 110 cm³/mol. The van der Waals surface area contributed by atoms with Crippen LogP contribution in [0, 0.1) is 0 Å². The lowest BCUT2D eigenvalue weighted by molar-refractivity contribution is -0.120. The van der Waals surface area contributed by atoms with Crippen LogP contribution in [-0.4, -0.2) is 25.5 Å². The van der Waals surface area contributed by atoms with Gasteiger partial charge in [0.05, 0.1) is 12.7 Å². The summed E-state index contributed by atoms with van der Waals surface area (Å²) in [7, 11) is 1.57. The zero-order valence-electron chi connectivity index (χ0n) is 15.8. The van der Waals surface area contributed by atoms with Crippen molar-refractivity contribution in [1.29, 1.82) is 0 Å². The minimum Gasteiger partial charge on any atom is -0.497 e. The van der Waals surface area contributed by atoms with Crippen molar-refractivity contribution in [3.63, 3.8) is 0 Å². The summed E-state index contributed by atoms with van der Waals surface area (Å²) in [5, 5.41) is 5.84. The Morgan fingerprint density at radius 3 is 2.70 bits per heavy atom. The van der Waals surface area contributed by atoms with Crippen LogP contribution in [0.15, 0.2) is 47.0 Å². The van der Waals surface area contributed by atoms with Gasteiger partial charge in [0, 0.05) is 23.6 Å². The zero-order chi connectivity index (χ0) is 19.5. The lowest BCUT2D eigenvalue weighted by atomic mass is 10.1. The number of thiol groups is 1. The van der Waals surface area contributed by atoms with Crippen LogP contribution in [0.3, 0.4) is 0 Å². The first-order valence-corrected chi connectivity index (χ1v) is 9.86. The topological polar surface area (TPSA) is 67.4 Å². The SMILES string of the molecule is COc1ccc(S)c(C(=O)NCCCCCCC(=O)NC2=CCCC=C2)c1. The molecule has 0 unspecified atom stereocenters. The molecule has 1 aliphatic rings. The number of hydrogen-bond acceptors (Lipinski definition) is 4. The molecule has 0 aliphatic heterocycles. The molecular formula is C21H28N2O3S. The number of ether oxygens (including phenoxy) is 1. The maximum Gasteiger partial charge on any atom is 0.252 e. The molecule has 0 saturated heterocycles. The molecule has 146 valence electrons. The Morgan fingerprint density at radius 2 is 1.96 bits per heavy atom. The summed E-state index contributed by atoms with van der Waals surface area (Å²) in [6.45, 7) is 0.604. The van der Waals surface area contributed by atoms with Gasteiger partial charge < -0.3 is 15.4 Å². The minimum atomic E-state index is -0.146. The molecule has 6 heteroatoms. The number of nitrogens with one attached hydrogen (secondary N) is 2. The van der Waals surface area contributed by atoms with E-state index in [1.807, 2.05) is 6.08 Å². The number of unbranched alkanes of at least 4 members (excludes halogenated alkanes) is 3. The van der Waals surface area contributed by atoms with Gasteiger partial charge in [0.1, 0.15) is 5.75 Å². The van der Waals surface area contributed by atoms with Gasteiger partial charge in [0.15, 0.2) is 0 Å². The molecule has 0 spiro atoms. The first-order chi connectivity index (χ1) is 13.1. The summed E-state index contributed by atoms with van der Waals surface area (Å²) >= 11 is 4.32. The monoisotopic (exact) mass is 388 g/mol. The van der Waals surface area contributed by atoms with Crippen LogP contribution >= 0.6 is 12.6 Å². The van der Waals surface area contributed by atoms with Crippen LogP contribution in [0.2, 0.25) is 0 Å². The number of carbonyl (C=O) groups excluding carboxylic acids is 2. The summed E-state index contributed by atoms with van der Waals surface area (Å²) in [5.41, 5.74) is 1.43. The molecule has 2 N–H and O–H groups in total. The Morgan fingerprint density at radius 1 is 1.15 bits per heavy atom. The van der Waals surface area contributed by atoms with Gasteiger partial charge in [-0.15, -0.1) is 12.6 Å². The van der Waals surface area contributed by atoms with E-state index in [4.69, 9.17) is 4.74 Å². The highest BCUT2D eigenvalue weighted by Crippen LogP contribution is 2.20. The van der Waals surface area contributed by atoms with Gasteiger partial charge in [-0.3, -0.25) is 9.59 Å². The van der Waals surface area contributed by atoms with E-state index in [1.54, 1.807) is 25.3 Å². The number of benzene rings is 1.